The lowest BCUT2D eigenvalue weighted by molar-refractivity contribution is 0.465. The summed E-state index contributed by atoms with van der Waals surface area (Å²) in [7, 11) is 2.06. The van der Waals surface area contributed by atoms with Crippen molar-refractivity contribution in [3.63, 3.8) is 0 Å². The van der Waals surface area contributed by atoms with Crippen molar-refractivity contribution < 1.29 is 0 Å². The minimum Gasteiger partial charge on any atom is -0.313 e. The van der Waals surface area contributed by atoms with Gasteiger partial charge in [-0.1, -0.05) is 68.4 Å². The number of hydrogen-bond donors (Lipinski definition) is 1. The molecule has 0 amide bonds. The van der Waals surface area contributed by atoms with Crippen molar-refractivity contribution in [3.05, 3.63) is 71.3 Å². The standard InChI is InChI=1S/C20H27N/c1-16(2)9-14-20(21-3)19-12-10-18(11-13-19)15-17-7-5-4-6-8-17/h4-8,10-13,16,20-21H,9,14-15H2,1-3H3. The average molecular weight is 281 g/mol. The average Bonchev–Trinajstić information content (AvgIpc) is 2.50. The molecule has 1 atom stereocenters. The number of nitrogens with one attached hydrogen (secondary N) is 1. The second-order valence-electron chi connectivity index (χ2n) is 6.22. The van der Waals surface area contributed by atoms with Gasteiger partial charge in [-0.3, -0.25) is 0 Å². The van der Waals surface area contributed by atoms with Crippen LogP contribution in [0.15, 0.2) is 54.6 Å². The van der Waals surface area contributed by atoms with E-state index in [1.54, 1.807) is 0 Å². The van der Waals surface area contributed by atoms with E-state index in [0.717, 1.165) is 12.3 Å². The smallest absolute Gasteiger partial charge is 0.0317 e. The van der Waals surface area contributed by atoms with Gasteiger partial charge in [0.25, 0.3) is 0 Å². The van der Waals surface area contributed by atoms with Gasteiger partial charge in [-0.05, 0) is 48.9 Å². The highest BCUT2D eigenvalue weighted by molar-refractivity contribution is 5.30. The zero-order valence-electron chi connectivity index (χ0n) is 13.5. The summed E-state index contributed by atoms with van der Waals surface area (Å²) in [6.45, 7) is 4.57. The molecule has 0 saturated heterocycles. The number of hydrogen-bond acceptors (Lipinski definition) is 1. The summed E-state index contributed by atoms with van der Waals surface area (Å²) in [5.41, 5.74) is 4.15. The molecule has 0 bridgehead atoms. The number of rotatable bonds is 7. The molecule has 0 radical (unpaired) electrons. The Balaban J connectivity index is 2.00. The first kappa shape index (κ1) is 15.8. The van der Waals surface area contributed by atoms with Gasteiger partial charge in [-0.25, -0.2) is 0 Å². The number of benzene rings is 2. The highest BCUT2D eigenvalue weighted by Crippen LogP contribution is 2.21. The van der Waals surface area contributed by atoms with Gasteiger partial charge in [0.05, 0.1) is 0 Å². The molecule has 0 saturated carbocycles. The van der Waals surface area contributed by atoms with Crippen LogP contribution in [0.4, 0.5) is 0 Å². The SMILES string of the molecule is CNC(CCC(C)C)c1ccc(Cc2ccccc2)cc1. The fourth-order valence-electron chi connectivity index (χ4n) is 2.68. The lowest BCUT2D eigenvalue weighted by Gasteiger charge is -2.18. The highest BCUT2D eigenvalue weighted by atomic mass is 14.9. The van der Waals surface area contributed by atoms with Crippen LogP contribution < -0.4 is 5.32 Å². The van der Waals surface area contributed by atoms with Gasteiger partial charge in [0.15, 0.2) is 0 Å². The zero-order chi connectivity index (χ0) is 15.1. The first-order valence-electron chi connectivity index (χ1n) is 7.99. The van der Waals surface area contributed by atoms with Crippen molar-refractivity contribution in [2.24, 2.45) is 5.92 Å². The summed E-state index contributed by atoms with van der Waals surface area (Å²) >= 11 is 0. The maximum absolute atomic E-state index is 3.44. The van der Waals surface area contributed by atoms with Crippen LogP contribution in [-0.2, 0) is 6.42 Å². The van der Waals surface area contributed by atoms with E-state index in [1.165, 1.54) is 29.5 Å². The minimum absolute atomic E-state index is 0.471. The molecule has 0 aliphatic carbocycles. The van der Waals surface area contributed by atoms with E-state index < -0.39 is 0 Å². The maximum atomic E-state index is 3.44. The Hall–Kier alpha value is -1.60. The molecule has 2 aromatic carbocycles. The Kier molecular flexibility index (Phi) is 6.01. The van der Waals surface area contributed by atoms with Crippen molar-refractivity contribution in [1.82, 2.24) is 5.32 Å². The first-order valence-corrected chi connectivity index (χ1v) is 7.99. The molecule has 112 valence electrons. The van der Waals surface area contributed by atoms with Crippen molar-refractivity contribution in [2.75, 3.05) is 7.05 Å². The maximum Gasteiger partial charge on any atom is 0.0317 e. The predicted octanol–water partition coefficient (Wildman–Crippen LogP) is 4.97. The third kappa shape index (κ3) is 5.02. The molecule has 0 spiro atoms. The third-order valence-electron chi connectivity index (χ3n) is 4.01. The summed E-state index contributed by atoms with van der Waals surface area (Å²) in [6.07, 6.45) is 3.47. The van der Waals surface area contributed by atoms with Crippen molar-refractivity contribution in [3.8, 4) is 0 Å². The Morgan fingerprint density at radius 3 is 2.00 bits per heavy atom. The monoisotopic (exact) mass is 281 g/mol. The van der Waals surface area contributed by atoms with Crippen LogP contribution in [0.2, 0.25) is 0 Å². The lowest BCUT2D eigenvalue weighted by atomic mass is 9.96. The molecule has 2 aromatic rings. The van der Waals surface area contributed by atoms with Gasteiger partial charge in [0, 0.05) is 6.04 Å². The van der Waals surface area contributed by atoms with E-state index in [1.807, 2.05) is 0 Å². The second kappa shape index (κ2) is 7.99. The van der Waals surface area contributed by atoms with Crippen LogP contribution >= 0.6 is 0 Å². The van der Waals surface area contributed by atoms with Crippen LogP contribution in [0.1, 0.15) is 49.4 Å². The van der Waals surface area contributed by atoms with Crippen molar-refractivity contribution in [1.29, 1.82) is 0 Å². The molecular weight excluding hydrogens is 254 g/mol. The Bertz CT molecular complexity index is 513. The molecule has 1 nitrogen and oxygen atoms in total. The van der Waals surface area contributed by atoms with Crippen molar-refractivity contribution in [2.45, 2.75) is 39.2 Å². The van der Waals surface area contributed by atoms with Gasteiger partial charge >= 0.3 is 0 Å². The van der Waals surface area contributed by atoms with Gasteiger partial charge in [0.1, 0.15) is 0 Å². The van der Waals surface area contributed by atoms with Gasteiger partial charge in [0.2, 0.25) is 0 Å². The van der Waals surface area contributed by atoms with Crippen LogP contribution in [-0.4, -0.2) is 7.05 Å². The van der Waals surface area contributed by atoms with Gasteiger partial charge in [-0.15, -0.1) is 0 Å². The van der Waals surface area contributed by atoms with E-state index in [0.29, 0.717) is 6.04 Å². The van der Waals surface area contributed by atoms with E-state index in [2.05, 4.69) is 80.8 Å². The largest absolute Gasteiger partial charge is 0.313 e. The molecule has 0 heterocycles. The fraction of sp³-hybridized carbons (Fsp3) is 0.400. The van der Waals surface area contributed by atoms with Gasteiger partial charge in [-0.2, -0.15) is 0 Å². The molecule has 0 aliphatic heterocycles. The molecule has 0 aliphatic rings. The van der Waals surface area contributed by atoms with Crippen LogP contribution in [0, 0.1) is 5.92 Å². The minimum atomic E-state index is 0.471. The third-order valence-corrected chi connectivity index (χ3v) is 4.01. The molecular formula is C20H27N. The first-order chi connectivity index (χ1) is 10.2. The Morgan fingerprint density at radius 1 is 0.810 bits per heavy atom. The van der Waals surface area contributed by atoms with E-state index in [-0.39, 0.29) is 0 Å². The summed E-state index contributed by atoms with van der Waals surface area (Å²) < 4.78 is 0. The highest BCUT2D eigenvalue weighted by Gasteiger charge is 2.09. The lowest BCUT2D eigenvalue weighted by Crippen LogP contribution is -2.17. The summed E-state index contributed by atoms with van der Waals surface area (Å²) in [6, 6.07) is 20.2. The van der Waals surface area contributed by atoms with Crippen LogP contribution in [0.5, 0.6) is 0 Å². The molecule has 0 fully saturated rings. The molecule has 1 heteroatoms. The summed E-state index contributed by atoms with van der Waals surface area (Å²) in [5, 5.41) is 3.44. The molecule has 1 unspecified atom stereocenters. The normalized spacial score (nSPS) is 12.6. The van der Waals surface area contributed by atoms with Gasteiger partial charge < -0.3 is 5.32 Å². The quantitative estimate of drug-likeness (QED) is 0.755. The Morgan fingerprint density at radius 2 is 1.43 bits per heavy atom. The van der Waals surface area contributed by atoms with Crippen molar-refractivity contribution >= 4 is 0 Å². The molecule has 21 heavy (non-hydrogen) atoms. The second-order valence-corrected chi connectivity index (χ2v) is 6.22. The fourth-order valence-corrected chi connectivity index (χ4v) is 2.68. The molecule has 2 rings (SSSR count). The van der Waals surface area contributed by atoms with E-state index in [9.17, 15) is 0 Å². The van der Waals surface area contributed by atoms with Crippen LogP contribution in [0.25, 0.3) is 0 Å². The summed E-state index contributed by atoms with van der Waals surface area (Å²) in [4.78, 5) is 0. The molecule has 1 N–H and O–H groups in total. The topological polar surface area (TPSA) is 12.0 Å². The Labute approximate surface area is 129 Å². The summed E-state index contributed by atoms with van der Waals surface area (Å²) in [5.74, 6) is 0.762. The van der Waals surface area contributed by atoms with E-state index in [4.69, 9.17) is 0 Å². The zero-order valence-corrected chi connectivity index (χ0v) is 13.5. The predicted molar refractivity (Wildman–Crippen MR) is 91.6 cm³/mol. The van der Waals surface area contributed by atoms with E-state index >= 15 is 0 Å². The molecule has 0 aromatic heterocycles. The van der Waals surface area contributed by atoms with Crippen LogP contribution in [0.3, 0.4) is 0 Å².